The molecule has 17 heavy (non-hydrogen) atoms. The second-order valence-corrected chi connectivity index (χ2v) is 7.31. The number of aromatic nitrogens is 1. The number of aliphatic imine (C=N–C) groups is 1. The van der Waals surface area contributed by atoms with Gasteiger partial charge >= 0.3 is 0 Å². The van der Waals surface area contributed by atoms with Crippen molar-refractivity contribution in [3.8, 4) is 0 Å². The number of thiazole rings is 1. The first-order valence-corrected chi connectivity index (χ1v) is 7.74. The molecule has 1 aromatic rings. The molecule has 1 unspecified atom stereocenters. The maximum absolute atomic E-state index is 4.61. The van der Waals surface area contributed by atoms with Gasteiger partial charge in [0, 0.05) is 23.4 Å². The summed E-state index contributed by atoms with van der Waals surface area (Å²) >= 11 is 3.48. The van der Waals surface area contributed by atoms with Crippen LogP contribution in [0.25, 0.3) is 0 Å². The Morgan fingerprint density at radius 2 is 2.35 bits per heavy atom. The summed E-state index contributed by atoms with van der Waals surface area (Å²) in [6.45, 7) is 7.53. The Morgan fingerprint density at radius 3 is 3.00 bits per heavy atom. The van der Waals surface area contributed by atoms with Gasteiger partial charge in [-0.2, -0.15) is 0 Å². The summed E-state index contributed by atoms with van der Waals surface area (Å²) in [4.78, 5) is 8.85. The van der Waals surface area contributed by atoms with Crippen LogP contribution < -0.4 is 5.32 Å². The van der Waals surface area contributed by atoms with Crippen LogP contribution >= 0.6 is 23.1 Å². The second-order valence-electron chi connectivity index (χ2n) is 5.25. The monoisotopic (exact) mass is 269 g/mol. The Bertz CT molecular complexity index is 379. The lowest BCUT2D eigenvalue weighted by Gasteiger charge is -2.35. The van der Waals surface area contributed by atoms with E-state index >= 15 is 0 Å². The Labute approximate surface area is 111 Å². The summed E-state index contributed by atoms with van der Waals surface area (Å²) in [6, 6.07) is 0.527. The molecule has 2 heterocycles. The SMILES string of the molecule is CC(C)(C)C1CCSC(=NCc2nccs2)N1. The van der Waals surface area contributed by atoms with Gasteiger partial charge in [-0.25, -0.2) is 4.98 Å². The summed E-state index contributed by atoms with van der Waals surface area (Å²) in [5.74, 6) is 1.16. The lowest BCUT2D eigenvalue weighted by molar-refractivity contribution is 0.290. The van der Waals surface area contributed by atoms with Crippen molar-refractivity contribution in [1.82, 2.24) is 10.3 Å². The van der Waals surface area contributed by atoms with E-state index in [-0.39, 0.29) is 0 Å². The largest absolute Gasteiger partial charge is 0.362 e. The normalized spacial score (nSPS) is 23.7. The third-order valence-electron chi connectivity index (χ3n) is 2.83. The fourth-order valence-corrected chi connectivity index (χ4v) is 3.22. The molecule has 5 heteroatoms. The molecule has 0 aromatic carbocycles. The predicted molar refractivity (Wildman–Crippen MR) is 76.7 cm³/mol. The van der Waals surface area contributed by atoms with Crippen LogP contribution in [0.1, 0.15) is 32.2 Å². The molecule has 1 aromatic heterocycles. The van der Waals surface area contributed by atoms with Crippen molar-refractivity contribution in [3.05, 3.63) is 16.6 Å². The zero-order valence-corrected chi connectivity index (χ0v) is 12.2. The molecule has 94 valence electrons. The van der Waals surface area contributed by atoms with E-state index < -0.39 is 0 Å². The van der Waals surface area contributed by atoms with Crippen molar-refractivity contribution in [2.75, 3.05) is 5.75 Å². The number of rotatable bonds is 2. The summed E-state index contributed by atoms with van der Waals surface area (Å²) in [7, 11) is 0. The topological polar surface area (TPSA) is 37.3 Å². The van der Waals surface area contributed by atoms with Crippen molar-refractivity contribution in [3.63, 3.8) is 0 Å². The number of thioether (sulfide) groups is 1. The number of amidine groups is 1. The first-order chi connectivity index (χ1) is 8.05. The molecule has 1 N–H and O–H groups in total. The van der Waals surface area contributed by atoms with E-state index in [9.17, 15) is 0 Å². The number of hydrogen-bond donors (Lipinski definition) is 1. The molecule has 3 nitrogen and oxygen atoms in total. The number of hydrogen-bond acceptors (Lipinski definition) is 4. The van der Waals surface area contributed by atoms with Crippen LogP contribution in [-0.2, 0) is 6.54 Å². The summed E-state index contributed by atoms with van der Waals surface area (Å²) in [5.41, 5.74) is 0.295. The third-order valence-corrected chi connectivity index (χ3v) is 4.55. The summed E-state index contributed by atoms with van der Waals surface area (Å²) in [5, 5.41) is 7.70. The van der Waals surface area contributed by atoms with Gasteiger partial charge in [-0.1, -0.05) is 32.5 Å². The minimum absolute atomic E-state index is 0.295. The van der Waals surface area contributed by atoms with Gasteiger partial charge in [0.15, 0.2) is 5.17 Å². The molecule has 0 aliphatic carbocycles. The van der Waals surface area contributed by atoms with E-state index in [1.807, 2.05) is 23.3 Å². The average Bonchev–Trinajstić information content (AvgIpc) is 2.78. The molecule has 1 fully saturated rings. The van der Waals surface area contributed by atoms with Gasteiger partial charge in [-0.05, 0) is 11.8 Å². The fourth-order valence-electron chi connectivity index (χ4n) is 1.75. The molecule has 0 spiro atoms. The third kappa shape index (κ3) is 3.71. The molecule has 0 bridgehead atoms. The van der Waals surface area contributed by atoms with Crippen molar-refractivity contribution in [1.29, 1.82) is 0 Å². The van der Waals surface area contributed by atoms with E-state index in [4.69, 9.17) is 0 Å². The van der Waals surface area contributed by atoms with Gasteiger partial charge < -0.3 is 5.32 Å². The van der Waals surface area contributed by atoms with Gasteiger partial charge in [-0.15, -0.1) is 11.3 Å². The quantitative estimate of drug-likeness (QED) is 0.896. The molecule has 2 rings (SSSR count). The van der Waals surface area contributed by atoms with E-state index in [1.165, 1.54) is 6.42 Å². The van der Waals surface area contributed by atoms with Crippen molar-refractivity contribution in [2.24, 2.45) is 10.4 Å². The minimum Gasteiger partial charge on any atom is -0.362 e. The Balaban J connectivity index is 1.95. The van der Waals surface area contributed by atoms with Crippen LogP contribution in [0.3, 0.4) is 0 Å². The predicted octanol–water partition coefficient (Wildman–Crippen LogP) is 3.14. The van der Waals surface area contributed by atoms with Gasteiger partial charge in [0.1, 0.15) is 5.01 Å². The van der Waals surface area contributed by atoms with E-state index in [2.05, 4.69) is 36.1 Å². The highest BCUT2D eigenvalue weighted by molar-refractivity contribution is 8.13. The summed E-state index contributed by atoms with van der Waals surface area (Å²) < 4.78 is 0. The number of nitrogens with zero attached hydrogens (tertiary/aromatic N) is 2. The molecule has 0 saturated carbocycles. The molecule has 0 amide bonds. The first kappa shape index (κ1) is 12.9. The highest BCUT2D eigenvalue weighted by Crippen LogP contribution is 2.27. The standard InChI is InChI=1S/C12H19N3S2/c1-12(2,3)9-4-6-17-11(15-9)14-8-10-13-5-7-16-10/h5,7,9H,4,6,8H2,1-3H3,(H,14,15). The first-order valence-electron chi connectivity index (χ1n) is 5.88. The van der Waals surface area contributed by atoms with Crippen LogP contribution in [0, 0.1) is 5.41 Å². The lowest BCUT2D eigenvalue weighted by Crippen LogP contribution is -2.46. The molecule has 1 aliphatic rings. The minimum atomic E-state index is 0.295. The van der Waals surface area contributed by atoms with E-state index in [0.717, 1.165) is 15.9 Å². The zero-order valence-electron chi connectivity index (χ0n) is 10.6. The van der Waals surface area contributed by atoms with E-state index in [1.54, 1.807) is 11.3 Å². The average molecular weight is 269 g/mol. The second kappa shape index (κ2) is 5.40. The Kier molecular flexibility index (Phi) is 4.09. The maximum atomic E-state index is 4.61. The lowest BCUT2D eigenvalue weighted by atomic mass is 9.85. The molecular weight excluding hydrogens is 250 g/mol. The van der Waals surface area contributed by atoms with Crippen LogP contribution in [-0.4, -0.2) is 21.9 Å². The van der Waals surface area contributed by atoms with Gasteiger partial charge in [0.05, 0.1) is 6.54 Å². The summed E-state index contributed by atoms with van der Waals surface area (Å²) in [6.07, 6.45) is 3.05. The van der Waals surface area contributed by atoms with Crippen molar-refractivity contribution >= 4 is 28.3 Å². The molecule has 0 radical (unpaired) electrons. The Morgan fingerprint density at radius 1 is 1.53 bits per heavy atom. The maximum Gasteiger partial charge on any atom is 0.157 e. The van der Waals surface area contributed by atoms with Crippen LogP contribution in [0.5, 0.6) is 0 Å². The van der Waals surface area contributed by atoms with Crippen LogP contribution in [0.4, 0.5) is 0 Å². The van der Waals surface area contributed by atoms with E-state index in [0.29, 0.717) is 18.0 Å². The van der Waals surface area contributed by atoms with Crippen molar-refractivity contribution in [2.45, 2.75) is 39.8 Å². The number of nitrogens with one attached hydrogen (secondary N) is 1. The highest BCUT2D eigenvalue weighted by Gasteiger charge is 2.28. The zero-order chi connectivity index (χ0) is 12.3. The van der Waals surface area contributed by atoms with Gasteiger partial charge in [0.25, 0.3) is 0 Å². The van der Waals surface area contributed by atoms with Gasteiger partial charge in [0.2, 0.25) is 0 Å². The van der Waals surface area contributed by atoms with Crippen molar-refractivity contribution < 1.29 is 0 Å². The van der Waals surface area contributed by atoms with Crippen LogP contribution in [0.2, 0.25) is 0 Å². The molecular formula is C12H19N3S2. The smallest absolute Gasteiger partial charge is 0.157 e. The van der Waals surface area contributed by atoms with Gasteiger partial charge in [-0.3, -0.25) is 4.99 Å². The van der Waals surface area contributed by atoms with Crippen LogP contribution in [0.15, 0.2) is 16.6 Å². The fraction of sp³-hybridized carbons (Fsp3) is 0.667. The Hall–Kier alpha value is -0.550. The molecule has 1 aliphatic heterocycles. The molecule has 1 saturated heterocycles. The highest BCUT2D eigenvalue weighted by atomic mass is 32.2. The molecule has 1 atom stereocenters.